The van der Waals surface area contributed by atoms with E-state index in [0.717, 1.165) is 0 Å². The van der Waals surface area contributed by atoms with Gasteiger partial charge < -0.3 is 19.7 Å². The summed E-state index contributed by atoms with van der Waals surface area (Å²) in [5.74, 6) is -0.729. The number of halogens is 2. The number of nitrogens with zero attached hydrogens (tertiary/aromatic N) is 1. The summed E-state index contributed by atoms with van der Waals surface area (Å²) in [6, 6.07) is 6.40. The standard InChI is InChI=1S/C15H14Cl2N2O5/c16-10-3-1-4-11(17)14(10)23-8-9-7-12(19-24-9)15(22)18-6-2-5-13(20)21/h1,3-4,7H,2,5-6,8H2,(H,18,22)(H,20,21). The van der Waals surface area contributed by atoms with Gasteiger partial charge in [0.1, 0.15) is 6.61 Å². The highest BCUT2D eigenvalue weighted by atomic mass is 35.5. The number of benzene rings is 1. The van der Waals surface area contributed by atoms with E-state index in [0.29, 0.717) is 28.0 Å². The van der Waals surface area contributed by atoms with Gasteiger partial charge in [-0.1, -0.05) is 34.4 Å². The average molecular weight is 373 g/mol. The highest BCUT2D eigenvalue weighted by Crippen LogP contribution is 2.32. The van der Waals surface area contributed by atoms with Crippen molar-refractivity contribution in [2.24, 2.45) is 0 Å². The predicted molar refractivity (Wildman–Crippen MR) is 86.5 cm³/mol. The molecule has 0 aliphatic carbocycles. The molecule has 0 aliphatic rings. The fourth-order valence-corrected chi connectivity index (χ4v) is 2.29. The zero-order chi connectivity index (χ0) is 17.5. The Morgan fingerprint density at radius 1 is 1.29 bits per heavy atom. The molecule has 2 aromatic rings. The molecule has 2 rings (SSSR count). The number of ether oxygens (including phenoxy) is 1. The van der Waals surface area contributed by atoms with Crippen molar-refractivity contribution in [2.45, 2.75) is 19.4 Å². The molecule has 0 saturated carbocycles. The normalized spacial score (nSPS) is 10.4. The van der Waals surface area contributed by atoms with E-state index < -0.39 is 11.9 Å². The van der Waals surface area contributed by atoms with Crippen LogP contribution in [-0.2, 0) is 11.4 Å². The summed E-state index contributed by atoms with van der Waals surface area (Å²) in [6.45, 7) is 0.238. The Balaban J connectivity index is 1.86. The van der Waals surface area contributed by atoms with Crippen molar-refractivity contribution < 1.29 is 24.0 Å². The topological polar surface area (TPSA) is 102 Å². The van der Waals surface area contributed by atoms with Crippen molar-refractivity contribution in [3.63, 3.8) is 0 Å². The second-order valence-corrected chi connectivity index (χ2v) is 5.59. The summed E-state index contributed by atoms with van der Waals surface area (Å²) in [7, 11) is 0. The van der Waals surface area contributed by atoms with Crippen molar-refractivity contribution in [3.8, 4) is 5.75 Å². The highest BCUT2D eigenvalue weighted by molar-refractivity contribution is 6.37. The summed E-state index contributed by atoms with van der Waals surface area (Å²) < 4.78 is 10.5. The summed E-state index contributed by atoms with van der Waals surface area (Å²) in [5.41, 5.74) is 0.0779. The van der Waals surface area contributed by atoms with Crippen LogP contribution in [0.2, 0.25) is 10.0 Å². The lowest BCUT2D eigenvalue weighted by molar-refractivity contribution is -0.137. The second kappa shape index (κ2) is 8.56. The Morgan fingerprint density at radius 3 is 2.67 bits per heavy atom. The molecular weight excluding hydrogens is 359 g/mol. The largest absolute Gasteiger partial charge is 0.482 e. The number of hydrogen-bond acceptors (Lipinski definition) is 5. The summed E-state index contributed by atoms with van der Waals surface area (Å²) in [5, 5.41) is 15.4. The van der Waals surface area contributed by atoms with E-state index in [4.69, 9.17) is 37.6 Å². The lowest BCUT2D eigenvalue weighted by Gasteiger charge is -2.07. The van der Waals surface area contributed by atoms with E-state index >= 15 is 0 Å². The molecule has 1 aromatic carbocycles. The van der Waals surface area contributed by atoms with Crippen molar-refractivity contribution in [1.29, 1.82) is 0 Å². The van der Waals surface area contributed by atoms with Gasteiger partial charge in [-0.15, -0.1) is 0 Å². The minimum absolute atomic E-state index is 0.00273. The summed E-state index contributed by atoms with van der Waals surface area (Å²) in [6.07, 6.45) is 0.316. The minimum Gasteiger partial charge on any atom is -0.482 e. The SMILES string of the molecule is O=C(O)CCCNC(=O)c1cc(COc2c(Cl)cccc2Cl)on1. The average Bonchev–Trinajstić information content (AvgIpc) is 3.00. The number of rotatable bonds is 8. The van der Waals surface area contributed by atoms with Crippen LogP contribution in [0.5, 0.6) is 5.75 Å². The first-order valence-electron chi connectivity index (χ1n) is 6.99. The summed E-state index contributed by atoms with van der Waals surface area (Å²) in [4.78, 5) is 22.2. The van der Waals surface area contributed by atoms with Gasteiger partial charge >= 0.3 is 5.97 Å². The molecule has 0 radical (unpaired) electrons. The Hall–Kier alpha value is -2.25. The van der Waals surface area contributed by atoms with Gasteiger partial charge in [0, 0.05) is 19.0 Å². The molecule has 7 nitrogen and oxygen atoms in total. The number of nitrogens with one attached hydrogen (secondary N) is 1. The van der Waals surface area contributed by atoms with Crippen molar-refractivity contribution in [2.75, 3.05) is 6.54 Å². The molecule has 0 aliphatic heterocycles. The van der Waals surface area contributed by atoms with Crippen molar-refractivity contribution >= 4 is 35.1 Å². The third-order valence-corrected chi connectivity index (χ3v) is 3.52. The Labute approximate surface area is 147 Å². The first-order valence-corrected chi connectivity index (χ1v) is 7.75. The van der Waals surface area contributed by atoms with Crippen molar-refractivity contribution in [1.82, 2.24) is 10.5 Å². The van der Waals surface area contributed by atoms with Crippen molar-refractivity contribution in [3.05, 3.63) is 45.8 Å². The maximum Gasteiger partial charge on any atom is 0.303 e. The van der Waals surface area contributed by atoms with Gasteiger partial charge in [0.15, 0.2) is 17.2 Å². The number of aliphatic carboxylic acids is 1. The number of carboxylic acid groups (broad SMARTS) is 1. The fourth-order valence-electron chi connectivity index (χ4n) is 1.78. The van der Waals surface area contributed by atoms with Crippen LogP contribution in [0.25, 0.3) is 0 Å². The molecule has 0 atom stereocenters. The van der Waals surface area contributed by atoms with E-state index in [1.807, 2.05) is 0 Å². The number of amides is 1. The zero-order valence-corrected chi connectivity index (χ0v) is 13.9. The predicted octanol–water partition coefficient (Wildman–Crippen LogP) is 3.16. The molecule has 0 saturated heterocycles. The van der Waals surface area contributed by atoms with Crippen LogP contribution in [0.1, 0.15) is 29.1 Å². The van der Waals surface area contributed by atoms with E-state index in [1.165, 1.54) is 6.07 Å². The molecule has 2 N–H and O–H groups in total. The highest BCUT2D eigenvalue weighted by Gasteiger charge is 2.14. The number of hydrogen-bond donors (Lipinski definition) is 2. The molecule has 0 unspecified atom stereocenters. The van der Waals surface area contributed by atoms with Crippen LogP contribution in [0.15, 0.2) is 28.8 Å². The lowest BCUT2D eigenvalue weighted by Crippen LogP contribution is -2.25. The number of para-hydroxylation sites is 1. The van der Waals surface area contributed by atoms with Crippen LogP contribution in [-0.4, -0.2) is 28.7 Å². The Kier molecular flexibility index (Phi) is 6.45. The smallest absolute Gasteiger partial charge is 0.303 e. The molecule has 24 heavy (non-hydrogen) atoms. The van der Waals surface area contributed by atoms with E-state index in [-0.39, 0.29) is 25.3 Å². The van der Waals surface area contributed by atoms with Gasteiger partial charge in [-0.2, -0.15) is 0 Å². The first-order chi connectivity index (χ1) is 11.5. The second-order valence-electron chi connectivity index (χ2n) is 4.77. The maximum atomic E-state index is 11.8. The first kappa shape index (κ1) is 18.1. The third-order valence-electron chi connectivity index (χ3n) is 2.92. The van der Waals surface area contributed by atoms with Crippen LogP contribution < -0.4 is 10.1 Å². The minimum atomic E-state index is -0.914. The van der Waals surface area contributed by atoms with Gasteiger partial charge in [0.2, 0.25) is 0 Å². The van der Waals surface area contributed by atoms with Gasteiger partial charge in [0.05, 0.1) is 10.0 Å². The number of carboxylic acids is 1. The lowest BCUT2D eigenvalue weighted by atomic mass is 10.3. The molecule has 0 spiro atoms. The van der Waals surface area contributed by atoms with E-state index in [9.17, 15) is 9.59 Å². The molecular formula is C15H14Cl2N2O5. The zero-order valence-electron chi connectivity index (χ0n) is 12.4. The Morgan fingerprint density at radius 2 is 2.00 bits per heavy atom. The quantitative estimate of drug-likeness (QED) is 0.690. The maximum absolute atomic E-state index is 11.8. The van der Waals surface area contributed by atoms with Crippen LogP contribution >= 0.6 is 23.2 Å². The number of carbonyl (C=O) groups is 2. The third kappa shape index (κ3) is 5.14. The Bertz CT molecular complexity index is 712. The monoisotopic (exact) mass is 372 g/mol. The molecule has 128 valence electrons. The molecule has 0 bridgehead atoms. The van der Waals surface area contributed by atoms with E-state index in [2.05, 4.69) is 10.5 Å². The van der Waals surface area contributed by atoms with Gasteiger partial charge in [-0.25, -0.2) is 0 Å². The van der Waals surface area contributed by atoms with Gasteiger partial charge in [-0.3, -0.25) is 9.59 Å². The molecule has 1 heterocycles. The molecule has 0 fully saturated rings. The molecule has 9 heteroatoms. The van der Waals surface area contributed by atoms with Gasteiger partial charge in [-0.05, 0) is 18.6 Å². The van der Waals surface area contributed by atoms with Crippen LogP contribution in [0.4, 0.5) is 0 Å². The van der Waals surface area contributed by atoms with E-state index in [1.54, 1.807) is 18.2 Å². The number of carbonyl (C=O) groups excluding carboxylic acids is 1. The van der Waals surface area contributed by atoms with Crippen LogP contribution in [0, 0.1) is 0 Å². The fraction of sp³-hybridized carbons (Fsp3) is 0.267. The molecule has 1 amide bonds. The van der Waals surface area contributed by atoms with Gasteiger partial charge in [0.25, 0.3) is 5.91 Å². The molecule has 1 aromatic heterocycles. The summed E-state index contributed by atoms with van der Waals surface area (Å²) >= 11 is 12.0. The van der Waals surface area contributed by atoms with Crippen LogP contribution in [0.3, 0.4) is 0 Å². The number of aromatic nitrogens is 1.